The zero-order chi connectivity index (χ0) is 10.9. The van der Waals surface area contributed by atoms with Crippen LogP contribution in [0.2, 0.25) is 0 Å². The third-order valence-corrected chi connectivity index (χ3v) is 4.56. The van der Waals surface area contributed by atoms with Gasteiger partial charge >= 0.3 is 0 Å². The molecule has 16 heavy (non-hydrogen) atoms. The van der Waals surface area contributed by atoms with Crippen LogP contribution in [-0.2, 0) is 9.47 Å². The van der Waals surface area contributed by atoms with Crippen molar-refractivity contribution in [3.05, 3.63) is 0 Å². The van der Waals surface area contributed by atoms with E-state index in [2.05, 4.69) is 5.32 Å². The smallest absolute Gasteiger partial charge is 0.142 e. The molecular formula is C13H23NO2. The summed E-state index contributed by atoms with van der Waals surface area (Å²) < 4.78 is 11.7. The van der Waals surface area contributed by atoms with Gasteiger partial charge in [0, 0.05) is 18.6 Å². The van der Waals surface area contributed by atoms with Gasteiger partial charge in [-0.05, 0) is 25.7 Å². The molecule has 92 valence electrons. The highest BCUT2D eigenvalue weighted by molar-refractivity contribution is 4.94. The number of rotatable bonds is 0. The summed E-state index contributed by atoms with van der Waals surface area (Å²) in [5.41, 5.74) is 0.307. The van der Waals surface area contributed by atoms with Crippen molar-refractivity contribution in [1.29, 1.82) is 0 Å². The Morgan fingerprint density at radius 1 is 0.875 bits per heavy atom. The largest absolute Gasteiger partial charge is 0.377 e. The molecule has 3 nitrogen and oxygen atoms in total. The molecule has 0 aromatic heterocycles. The van der Waals surface area contributed by atoms with Crippen LogP contribution in [0.1, 0.15) is 44.9 Å². The summed E-state index contributed by atoms with van der Waals surface area (Å²) in [5, 5.41) is 3.65. The molecule has 1 aliphatic carbocycles. The fourth-order valence-electron chi connectivity index (χ4n) is 3.39. The van der Waals surface area contributed by atoms with Gasteiger partial charge in [0.2, 0.25) is 0 Å². The summed E-state index contributed by atoms with van der Waals surface area (Å²) in [4.78, 5) is 0. The minimum Gasteiger partial charge on any atom is -0.377 e. The van der Waals surface area contributed by atoms with E-state index in [0.29, 0.717) is 5.41 Å². The van der Waals surface area contributed by atoms with Crippen molar-refractivity contribution in [3.63, 3.8) is 0 Å². The van der Waals surface area contributed by atoms with Crippen LogP contribution in [0.15, 0.2) is 0 Å². The lowest BCUT2D eigenvalue weighted by Gasteiger charge is -2.49. The lowest BCUT2D eigenvalue weighted by Crippen LogP contribution is -2.62. The Hall–Kier alpha value is -0.120. The highest BCUT2D eigenvalue weighted by Crippen LogP contribution is 2.40. The lowest BCUT2D eigenvalue weighted by molar-refractivity contribution is -0.200. The van der Waals surface area contributed by atoms with Gasteiger partial charge in [0.05, 0.1) is 13.2 Å². The minimum absolute atomic E-state index is 0.138. The molecule has 1 N–H and O–H groups in total. The molecule has 3 rings (SSSR count). The van der Waals surface area contributed by atoms with E-state index in [-0.39, 0.29) is 5.72 Å². The van der Waals surface area contributed by atoms with Crippen LogP contribution in [0.5, 0.6) is 0 Å². The first-order chi connectivity index (χ1) is 7.83. The van der Waals surface area contributed by atoms with E-state index in [9.17, 15) is 0 Å². The molecule has 0 amide bonds. The molecule has 3 aliphatic rings. The SMILES string of the molecule is C1CCC2(CC1)CNC1(CCCOC1)OC2. The molecule has 0 aromatic carbocycles. The average molecular weight is 225 g/mol. The Labute approximate surface area is 97.9 Å². The van der Waals surface area contributed by atoms with Crippen LogP contribution in [0, 0.1) is 5.41 Å². The highest BCUT2D eigenvalue weighted by Gasteiger charge is 2.44. The van der Waals surface area contributed by atoms with E-state index in [1.807, 2.05) is 0 Å². The third kappa shape index (κ3) is 2.01. The van der Waals surface area contributed by atoms with Gasteiger partial charge in [-0.2, -0.15) is 0 Å². The standard InChI is InChI=1S/C13H23NO2/c1-2-5-12(6-3-1)9-14-13(16-10-12)7-4-8-15-11-13/h14H,1-11H2. The van der Waals surface area contributed by atoms with Crippen molar-refractivity contribution in [2.75, 3.05) is 26.4 Å². The lowest BCUT2D eigenvalue weighted by atomic mass is 9.73. The van der Waals surface area contributed by atoms with Crippen molar-refractivity contribution >= 4 is 0 Å². The van der Waals surface area contributed by atoms with E-state index in [4.69, 9.17) is 9.47 Å². The van der Waals surface area contributed by atoms with Gasteiger partial charge < -0.3 is 9.47 Å². The maximum absolute atomic E-state index is 6.16. The fraction of sp³-hybridized carbons (Fsp3) is 1.00. The zero-order valence-electron chi connectivity index (χ0n) is 10.1. The Morgan fingerprint density at radius 2 is 1.75 bits per heavy atom. The monoisotopic (exact) mass is 225 g/mol. The van der Waals surface area contributed by atoms with Gasteiger partial charge in [-0.3, -0.25) is 5.32 Å². The van der Waals surface area contributed by atoms with Crippen LogP contribution >= 0.6 is 0 Å². The fourth-order valence-corrected chi connectivity index (χ4v) is 3.39. The Bertz CT molecular complexity index is 204. The molecule has 0 bridgehead atoms. The third-order valence-electron chi connectivity index (χ3n) is 4.56. The van der Waals surface area contributed by atoms with E-state index in [0.717, 1.165) is 39.2 Å². The first-order valence-electron chi connectivity index (χ1n) is 6.80. The van der Waals surface area contributed by atoms with Gasteiger partial charge in [0.15, 0.2) is 0 Å². The molecule has 1 unspecified atom stereocenters. The number of ether oxygens (including phenoxy) is 2. The molecule has 2 aliphatic heterocycles. The minimum atomic E-state index is -0.138. The predicted molar refractivity (Wildman–Crippen MR) is 62.3 cm³/mol. The summed E-state index contributed by atoms with van der Waals surface area (Å²) in [6.07, 6.45) is 9.11. The van der Waals surface area contributed by atoms with Crippen LogP contribution in [0.25, 0.3) is 0 Å². The number of hydrogen-bond acceptors (Lipinski definition) is 3. The predicted octanol–water partition coefficient (Wildman–Crippen LogP) is 2.06. The normalized spacial score (nSPS) is 39.0. The Balaban J connectivity index is 1.61. The highest BCUT2D eigenvalue weighted by atomic mass is 16.6. The summed E-state index contributed by atoms with van der Waals surface area (Å²) >= 11 is 0. The van der Waals surface area contributed by atoms with Gasteiger partial charge in [-0.1, -0.05) is 19.3 Å². The molecule has 3 fully saturated rings. The second-order valence-electron chi connectivity index (χ2n) is 5.85. The maximum Gasteiger partial charge on any atom is 0.142 e. The molecule has 0 radical (unpaired) electrons. The van der Waals surface area contributed by atoms with Crippen LogP contribution in [0.4, 0.5) is 0 Å². The van der Waals surface area contributed by atoms with E-state index in [1.165, 1.54) is 32.1 Å². The van der Waals surface area contributed by atoms with Crippen molar-refractivity contribution < 1.29 is 9.47 Å². The summed E-state index contributed by atoms with van der Waals surface area (Å²) in [7, 11) is 0. The second kappa shape index (κ2) is 4.28. The first-order valence-corrected chi connectivity index (χ1v) is 6.80. The number of hydrogen-bond donors (Lipinski definition) is 1. The van der Waals surface area contributed by atoms with Crippen LogP contribution in [-0.4, -0.2) is 32.1 Å². The quantitative estimate of drug-likeness (QED) is 0.684. The van der Waals surface area contributed by atoms with Crippen molar-refractivity contribution in [1.82, 2.24) is 5.32 Å². The second-order valence-corrected chi connectivity index (χ2v) is 5.85. The van der Waals surface area contributed by atoms with Gasteiger partial charge in [-0.15, -0.1) is 0 Å². The molecule has 3 heteroatoms. The molecule has 2 heterocycles. The van der Waals surface area contributed by atoms with Gasteiger partial charge in [0.1, 0.15) is 5.72 Å². The topological polar surface area (TPSA) is 30.5 Å². The first kappa shape index (κ1) is 11.0. The summed E-state index contributed by atoms with van der Waals surface area (Å²) in [6.45, 7) is 3.72. The Kier molecular flexibility index (Phi) is 2.94. The molecule has 2 saturated heterocycles. The summed E-state index contributed by atoms with van der Waals surface area (Å²) in [5.74, 6) is 0. The van der Waals surface area contributed by atoms with Crippen LogP contribution in [0.3, 0.4) is 0 Å². The average Bonchev–Trinajstić information content (AvgIpc) is 2.36. The molecule has 2 spiro atoms. The molecule has 1 atom stereocenters. The van der Waals surface area contributed by atoms with E-state index < -0.39 is 0 Å². The zero-order valence-corrected chi connectivity index (χ0v) is 10.1. The Morgan fingerprint density at radius 3 is 2.38 bits per heavy atom. The molecular weight excluding hydrogens is 202 g/mol. The van der Waals surface area contributed by atoms with Crippen molar-refractivity contribution in [2.24, 2.45) is 5.41 Å². The maximum atomic E-state index is 6.16. The van der Waals surface area contributed by atoms with Gasteiger partial charge in [-0.25, -0.2) is 0 Å². The molecule has 1 saturated carbocycles. The summed E-state index contributed by atoms with van der Waals surface area (Å²) in [6, 6.07) is 0. The molecule has 0 aromatic rings. The van der Waals surface area contributed by atoms with Gasteiger partial charge in [0.25, 0.3) is 0 Å². The van der Waals surface area contributed by atoms with E-state index in [1.54, 1.807) is 0 Å². The number of nitrogens with one attached hydrogen (secondary N) is 1. The van der Waals surface area contributed by atoms with Crippen LogP contribution < -0.4 is 5.32 Å². The van der Waals surface area contributed by atoms with Crippen molar-refractivity contribution in [3.8, 4) is 0 Å². The van der Waals surface area contributed by atoms with E-state index >= 15 is 0 Å². The van der Waals surface area contributed by atoms with Crippen molar-refractivity contribution in [2.45, 2.75) is 50.7 Å².